The van der Waals surface area contributed by atoms with Gasteiger partial charge < -0.3 is 0 Å². The molecule has 0 aliphatic carbocycles. The van der Waals surface area contributed by atoms with Crippen LogP contribution in [0.2, 0.25) is 0 Å². The predicted molar refractivity (Wildman–Crippen MR) is 75.4 cm³/mol. The van der Waals surface area contributed by atoms with Gasteiger partial charge in [-0.25, -0.2) is 4.39 Å². The molecular formula is C14H12BrClFN. The third-order valence-corrected chi connectivity index (χ3v) is 3.81. The number of hydrogen-bond donors (Lipinski definition) is 0. The number of nitrogens with zero attached hydrogens (tertiary/aromatic N) is 1. The molecule has 1 heterocycles. The fourth-order valence-corrected chi connectivity index (χ4v) is 2.47. The highest BCUT2D eigenvalue weighted by atomic mass is 79.9. The minimum Gasteiger partial charge on any atom is -0.261 e. The van der Waals surface area contributed by atoms with E-state index in [1.807, 2.05) is 19.1 Å². The van der Waals surface area contributed by atoms with Crippen molar-refractivity contribution < 1.29 is 4.39 Å². The molecule has 2 rings (SSSR count). The van der Waals surface area contributed by atoms with Crippen LogP contribution in [0.3, 0.4) is 0 Å². The number of aromatic nitrogens is 1. The SMILES string of the molecule is Cc1cccnc1CC(Cl)c1cccc(Br)c1F. The molecule has 0 N–H and O–H groups in total. The highest BCUT2D eigenvalue weighted by Gasteiger charge is 2.16. The van der Waals surface area contributed by atoms with E-state index in [1.165, 1.54) is 0 Å². The van der Waals surface area contributed by atoms with Crippen molar-refractivity contribution in [3.63, 3.8) is 0 Å². The lowest BCUT2D eigenvalue weighted by Crippen LogP contribution is -2.02. The molecule has 94 valence electrons. The minimum atomic E-state index is -0.420. The third-order valence-electron chi connectivity index (χ3n) is 2.81. The molecule has 2 aromatic rings. The maximum Gasteiger partial charge on any atom is 0.142 e. The first-order valence-corrected chi connectivity index (χ1v) is 6.81. The van der Waals surface area contributed by atoms with Crippen molar-refractivity contribution in [1.82, 2.24) is 4.98 Å². The Balaban J connectivity index is 2.25. The second-order valence-corrected chi connectivity index (χ2v) is 5.46. The van der Waals surface area contributed by atoms with Crippen LogP contribution in [-0.2, 0) is 6.42 Å². The maximum absolute atomic E-state index is 13.9. The Morgan fingerprint density at radius 3 is 2.83 bits per heavy atom. The van der Waals surface area contributed by atoms with Crippen molar-refractivity contribution in [2.75, 3.05) is 0 Å². The van der Waals surface area contributed by atoms with Crippen LogP contribution in [0, 0.1) is 12.7 Å². The average Bonchev–Trinajstić information content (AvgIpc) is 2.35. The van der Waals surface area contributed by atoms with E-state index in [0.29, 0.717) is 16.5 Å². The second kappa shape index (κ2) is 5.81. The molecule has 0 saturated carbocycles. The lowest BCUT2D eigenvalue weighted by Gasteiger charge is -2.12. The van der Waals surface area contributed by atoms with E-state index in [2.05, 4.69) is 20.9 Å². The summed E-state index contributed by atoms with van der Waals surface area (Å²) in [6.07, 6.45) is 2.24. The van der Waals surface area contributed by atoms with Crippen LogP contribution in [0.1, 0.15) is 22.2 Å². The van der Waals surface area contributed by atoms with Gasteiger partial charge in [0.2, 0.25) is 0 Å². The fraction of sp³-hybridized carbons (Fsp3) is 0.214. The van der Waals surface area contributed by atoms with Crippen LogP contribution in [0.25, 0.3) is 0 Å². The van der Waals surface area contributed by atoms with E-state index >= 15 is 0 Å². The molecule has 4 heteroatoms. The Labute approximate surface area is 119 Å². The molecule has 0 spiro atoms. The molecule has 18 heavy (non-hydrogen) atoms. The fourth-order valence-electron chi connectivity index (χ4n) is 1.77. The lowest BCUT2D eigenvalue weighted by atomic mass is 10.0. The number of aryl methyl sites for hydroxylation is 1. The van der Waals surface area contributed by atoms with Gasteiger partial charge in [0.25, 0.3) is 0 Å². The van der Waals surface area contributed by atoms with Crippen LogP contribution < -0.4 is 0 Å². The Bertz CT molecular complexity index is 559. The van der Waals surface area contributed by atoms with E-state index in [0.717, 1.165) is 11.3 Å². The second-order valence-electron chi connectivity index (χ2n) is 4.08. The van der Waals surface area contributed by atoms with Gasteiger partial charge >= 0.3 is 0 Å². The summed E-state index contributed by atoms with van der Waals surface area (Å²) in [6.45, 7) is 1.98. The monoisotopic (exact) mass is 327 g/mol. The van der Waals surface area contributed by atoms with Gasteiger partial charge in [-0.3, -0.25) is 4.98 Å². The molecule has 1 aromatic heterocycles. The summed E-state index contributed by atoms with van der Waals surface area (Å²) in [5, 5.41) is -0.420. The topological polar surface area (TPSA) is 12.9 Å². The quantitative estimate of drug-likeness (QED) is 0.737. The average molecular weight is 329 g/mol. The van der Waals surface area contributed by atoms with Crippen LogP contribution in [0.4, 0.5) is 4.39 Å². The van der Waals surface area contributed by atoms with Gasteiger partial charge in [-0.2, -0.15) is 0 Å². The summed E-state index contributed by atoms with van der Waals surface area (Å²) in [5.74, 6) is -0.300. The number of benzene rings is 1. The van der Waals surface area contributed by atoms with Crippen molar-refractivity contribution in [2.45, 2.75) is 18.7 Å². The van der Waals surface area contributed by atoms with Crippen LogP contribution in [0.5, 0.6) is 0 Å². The Morgan fingerprint density at radius 1 is 1.33 bits per heavy atom. The summed E-state index contributed by atoms with van der Waals surface area (Å²) < 4.78 is 14.3. The molecule has 0 fully saturated rings. The van der Waals surface area contributed by atoms with Crippen LogP contribution >= 0.6 is 27.5 Å². The van der Waals surface area contributed by atoms with Crippen molar-refractivity contribution >= 4 is 27.5 Å². The number of alkyl halides is 1. The van der Waals surface area contributed by atoms with Gasteiger partial charge in [-0.05, 0) is 40.5 Å². The number of hydrogen-bond acceptors (Lipinski definition) is 1. The number of rotatable bonds is 3. The summed E-state index contributed by atoms with van der Waals surface area (Å²) in [5.41, 5.74) is 2.46. The highest BCUT2D eigenvalue weighted by molar-refractivity contribution is 9.10. The molecule has 1 atom stereocenters. The van der Waals surface area contributed by atoms with Gasteiger partial charge in [0.1, 0.15) is 5.82 Å². The van der Waals surface area contributed by atoms with Crippen LogP contribution in [-0.4, -0.2) is 4.98 Å². The summed E-state index contributed by atoms with van der Waals surface area (Å²) >= 11 is 9.45. The molecule has 0 aliphatic heterocycles. The first-order valence-electron chi connectivity index (χ1n) is 5.58. The largest absolute Gasteiger partial charge is 0.261 e. The molecule has 1 nitrogen and oxygen atoms in total. The molecule has 1 aromatic carbocycles. The van der Waals surface area contributed by atoms with E-state index in [-0.39, 0.29) is 5.82 Å². The molecule has 0 bridgehead atoms. The molecule has 0 saturated heterocycles. The first-order chi connectivity index (χ1) is 8.59. The molecule has 0 radical (unpaired) electrons. The van der Waals surface area contributed by atoms with Gasteiger partial charge in [-0.15, -0.1) is 11.6 Å². The normalized spacial score (nSPS) is 12.4. The molecular weight excluding hydrogens is 317 g/mol. The standard InChI is InChI=1S/C14H12BrClFN/c1-9-4-3-7-18-13(9)8-12(16)10-5-2-6-11(15)14(10)17/h2-7,12H,8H2,1H3. The number of pyridine rings is 1. The lowest BCUT2D eigenvalue weighted by molar-refractivity contribution is 0.598. The van der Waals surface area contributed by atoms with Gasteiger partial charge in [0, 0.05) is 23.9 Å². The van der Waals surface area contributed by atoms with Crippen molar-refractivity contribution in [1.29, 1.82) is 0 Å². The maximum atomic E-state index is 13.9. The molecule has 0 aliphatic rings. The van der Waals surface area contributed by atoms with Crippen molar-refractivity contribution in [2.24, 2.45) is 0 Å². The van der Waals surface area contributed by atoms with E-state index in [4.69, 9.17) is 11.6 Å². The Morgan fingerprint density at radius 2 is 2.11 bits per heavy atom. The van der Waals surface area contributed by atoms with Crippen LogP contribution in [0.15, 0.2) is 41.0 Å². The summed E-state index contributed by atoms with van der Waals surface area (Å²) in [4.78, 5) is 4.28. The zero-order valence-corrected chi connectivity index (χ0v) is 12.2. The summed E-state index contributed by atoms with van der Waals surface area (Å²) in [6, 6.07) is 9.00. The molecule has 1 unspecified atom stereocenters. The summed E-state index contributed by atoms with van der Waals surface area (Å²) in [7, 11) is 0. The van der Waals surface area contributed by atoms with E-state index in [9.17, 15) is 4.39 Å². The van der Waals surface area contributed by atoms with Gasteiger partial charge in [-0.1, -0.05) is 18.2 Å². The zero-order chi connectivity index (χ0) is 13.1. The van der Waals surface area contributed by atoms with Crippen molar-refractivity contribution in [3.05, 3.63) is 63.6 Å². The van der Waals surface area contributed by atoms with E-state index < -0.39 is 5.38 Å². The predicted octanol–water partition coefficient (Wildman–Crippen LogP) is 4.81. The van der Waals surface area contributed by atoms with Gasteiger partial charge in [0.05, 0.1) is 9.85 Å². The number of halogens is 3. The third kappa shape index (κ3) is 2.90. The first kappa shape index (κ1) is 13.5. The molecule has 0 amide bonds. The highest BCUT2D eigenvalue weighted by Crippen LogP contribution is 2.30. The van der Waals surface area contributed by atoms with Gasteiger partial charge in [0.15, 0.2) is 0 Å². The van der Waals surface area contributed by atoms with E-state index in [1.54, 1.807) is 24.4 Å². The Hall–Kier alpha value is -0.930. The Kier molecular flexibility index (Phi) is 4.36. The minimum absolute atomic E-state index is 0.300. The smallest absolute Gasteiger partial charge is 0.142 e. The zero-order valence-electron chi connectivity index (χ0n) is 9.83. The van der Waals surface area contributed by atoms with Crippen molar-refractivity contribution in [3.8, 4) is 0 Å².